The number of carbonyl (C=O) groups excluding carboxylic acids is 2. The molecule has 1 N–H and O–H groups in total. The number of nitrogens with one attached hydrogen (secondary N) is 1. The van der Waals surface area contributed by atoms with E-state index in [-0.39, 0.29) is 24.3 Å². The number of amides is 3. The van der Waals surface area contributed by atoms with Gasteiger partial charge in [0.25, 0.3) is 5.91 Å². The molecule has 1 aromatic heterocycles. The SMILES string of the molecule is Cc1ccc(NC(=O)N2CCN(C(=O)c3ccc(COc4ccccc4C#N)o3)CC2)cc1Cl. The van der Waals surface area contributed by atoms with Gasteiger partial charge >= 0.3 is 6.03 Å². The number of benzene rings is 2. The zero-order valence-corrected chi connectivity index (χ0v) is 19.3. The van der Waals surface area contributed by atoms with E-state index in [1.54, 1.807) is 58.3 Å². The summed E-state index contributed by atoms with van der Waals surface area (Å²) in [4.78, 5) is 28.7. The number of para-hydroxylation sites is 1. The normalized spacial score (nSPS) is 13.3. The van der Waals surface area contributed by atoms with Crippen molar-refractivity contribution >= 4 is 29.2 Å². The number of hydrogen-bond acceptors (Lipinski definition) is 5. The molecule has 1 saturated heterocycles. The summed E-state index contributed by atoms with van der Waals surface area (Å²) in [6.07, 6.45) is 0. The predicted molar refractivity (Wildman–Crippen MR) is 127 cm³/mol. The number of halogens is 1. The van der Waals surface area contributed by atoms with Crippen molar-refractivity contribution in [3.63, 3.8) is 0 Å². The van der Waals surface area contributed by atoms with Crippen molar-refractivity contribution in [2.24, 2.45) is 0 Å². The monoisotopic (exact) mass is 478 g/mol. The number of hydrogen-bond donors (Lipinski definition) is 1. The molecule has 9 heteroatoms. The second-order valence-corrected chi connectivity index (χ2v) is 8.24. The molecule has 4 rings (SSSR count). The van der Waals surface area contributed by atoms with Crippen LogP contribution in [0.2, 0.25) is 5.02 Å². The molecule has 174 valence electrons. The standard InChI is InChI=1S/C25H23ClN4O4/c1-17-6-7-19(14-21(17)26)28-25(32)30-12-10-29(11-13-30)24(31)23-9-8-20(34-23)16-33-22-5-3-2-4-18(22)15-27/h2-9,14H,10-13,16H2,1H3,(H,28,32). The molecule has 1 fully saturated rings. The maximum Gasteiger partial charge on any atom is 0.321 e. The lowest BCUT2D eigenvalue weighted by atomic mass is 10.2. The molecule has 0 aliphatic carbocycles. The molecule has 1 aliphatic rings. The third kappa shape index (κ3) is 5.33. The minimum Gasteiger partial charge on any atom is -0.484 e. The first-order valence-corrected chi connectivity index (χ1v) is 11.1. The van der Waals surface area contributed by atoms with Gasteiger partial charge in [-0.25, -0.2) is 4.79 Å². The van der Waals surface area contributed by atoms with Gasteiger partial charge in [0, 0.05) is 36.9 Å². The van der Waals surface area contributed by atoms with Gasteiger partial charge in [-0.2, -0.15) is 5.26 Å². The van der Waals surface area contributed by atoms with Gasteiger partial charge in [0.2, 0.25) is 0 Å². The number of rotatable bonds is 5. The average molecular weight is 479 g/mol. The number of carbonyl (C=O) groups is 2. The molecule has 3 amide bonds. The fourth-order valence-electron chi connectivity index (χ4n) is 3.55. The van der Waals surface area contributed by atoms with Crippen LogP contribution in [0, 0.1) is 18.3 Å². The first kappa shape index (κ1) is 23.2. The smallest absolute Gasteiger partial charge is 0.321 e. The lowest BCUT2D eigenvalue weighted by Crippen LogP contribution is -2.51. The average Bonchev–Trinajstić information content (AvgIpc) is 3.34. The van der Waals surface area contributed by atoms with Crippen LogP contribution in [0.3, 0.4) is 0 Å². The maximum absolute atomic E-state index is 12.8. The molecular formula is C25H23ClN4O4. The van der Waals surface area contributed by atoms with Gasteiger partial charge in [-0.1, -0.05) is 29.8 Å². The van der Waals surface area contributed by atoms with E-state index < -0.39 is 0 Å². The summed E-state index contributed by atoms with van der Waals surface area (Å²) in [6, 6.07) is 17.4. The zero-order chi connectivity index (χ0) is 24.1. The Balaban J connectivity index is 1.29. The van der Waals surface area contributed by atoms with Crippen LogP contribution < -0.4 is 10.1 Å². The number of aryl methyl sites for hydroxylation is 1. The molecule has 3 aromatic rings. The fourth-order valence-corrected chi connectivity index (χ4v) is 3.73. The Morgan fingerprint density at radius 2 is 1.82 bits per heavy atom. The fraction of sp³-hybridized carbons (Fsp3) is 0.240. The predicted octanol–water partition coefficient (Wildman–Crippen LogP) is 4.68. The molecule has 0 saturated carbocycles. The molecule has 0 unspecified atom stereocenters. The first-order chi connectivity index (χ1) is 16.4. The highest BCUT2D eigenvalue weighted by molar-refractivity contribution is 6.31. The Kier molecular flexibility index (Phi) is 7.04. The lowest BCUT2D eigenvalue weighted by molar-refractivity contribution is 0.0636. The van der Waals surface area contributed by atoms with Crippen molar-refractivity contribution in [2.75, 3.05) is 31.5 Å². The largest absolute Gasteiger partial charge is 0.484 e. The Hall–Kier alpha value is -3.96. The molecule has 0 radical (unpaired) electrons. The minimum atomic E-state index is -0.242. The van der Waals surface area contributed by atoms with Gasteiger partial charge in [0.15, 0.2) is 5.76 Å². The van der Waals surface area contributed by atoms with E-state index >= 15 is 0 Å². The van der Waals surface area contributed by atoms with Gasteiger partial charge in [-0.05, 0) is 48.9 Å². The van der Waals surface area contributed by atoms with Crippen LogP contribution in [0.1, 0.15) is 27.4 Å². The van der Waals surface area contributed by atoms with Gasteiger partial charge in [0.1, 0.15) is 24.2 Å². The van der Waals surface area contributed by atoms with Crippen LogP contribution in [0.25, 0.3) is 0 Å². The van der Waals surface area contributed by atoms with E-state index in [1.807, 2.05) is 13.0 Å². The van der Waals surface area contributed by atoms with Crippen LogP contribution in [0.4, 0.5) is 10.5 Å². The molecule has 8 nitrogen and oxygen atoms in total. The number of nitriles is 1. The van der Waals surface area contributed by atoms with Gasteiger partial charge in [-0.15, -0.1) is 0 Å². The number of furan rings is 1. The molecule has 1 aliphatic heterocycles. The summed E-state index contributed by atoms with van der Waals surface area (Å²) >= 11 is 6.12. The van der Waals surface area contributed by atoms with Crippen LogP contribution in [0.15, 0.2) is 59.0 Å². The number of piperazine rings is 1. The highest BCUT2D eigenvalue weighted by Gasteiger charge is 2.26. The van der Waals surface area contributed by atoms with Crippen molar-refractivity contribution < 1.29 is 18.7 Å². The zero-order valence-electron chi connectivity index (χ0n) is 18.6. The summed E-state index contributed by atoms with van der Waals surface area (Å²) in [7, 11) is 0. The third-order valence-electron chi connectivity index (χ3n) is 5.53. The Morgan fingerprint density at radius 1 is 1.09 bits per heavy atom. The molecule has 2 aromatic carbocycles. The van der Waals surface area contributed by atoms with Gasteiger partial charge in [0.05, 0.1) is 5.56 Å². The number of nitrogens with zero attached hydrogens (tertiary/aromatic N) is 3. The summed E-state index contributed by atoms with van der Waals surface area (Å²) in [5.74, 6) is 0.899. The molecule has 0 bridgehead atoms. The van der Waals surface area contributed by atoms with E-state index in [2.05, 4.69) is 11.4 Å². The Morgan fingerprint density at radius 3 is 2.56 bits per heavy atom. The van der Waals surface area contributed by atoms with Crippen molar-refractivity contribution in [1.82, 2.24) is 9.80 Å². The molecular weight excluding hydrogens is 456 g/mol. The maximum atomic E-state index is 12.8. The van der Waals surface area contributed by atoms with Crippen LogP contribution >= 0.6 is 11.6 Å². The Labute approximate surface area is 202 Å². The summed E-state index contributed by atoms with van der Waals surface area (Å²) in [5.41, 5.74) is 1.99. The van der Waals surface area contributed by atoms with Crippen molar-refractivity contribution in [2.45, 2.75) is 13.5 Å². The van der Waals surface area contributed by atoms with E-state index in [0.717, 1.165) is 5.56 Å². The molecule has 2 heterocycles. The highest BCUT2D eigenvalue weighted by atomic mass is 35.5. The van der Waals surface area contributed by atoms with E-state index in [9.17, 15) is 9.59 Å². The highest BCUT2D eigenvalue weighted by Crippen LogP contribution is 2.21. The third-order valence-corrected chi connectivity index (χ3v) is 5.93. The van der Waals surface area contributed by atoms with E-state index in [1.165, 1.54) is 0 Å². The Bertz CT molecular complexity index is 1240. The summed E-state index contributed by atoms with van der Waals surface area (Å²) in [5, 5.41) is 12.6. The number of ether oxygens (including phenoxy) is 1. The van der Waals surface area contributed by atoms with Crippen molar-refractivity contribution in [1.29, 1.82) is 5.26 Å². The number of urea groups is 1. The first-order valence-electron chi connectivity index (χ1n) is 10.8. The quantitative estimate of drug-likeness (QED) is 0.574. The summed E-state index contributed by atoms with van der Waals surface area (Å²) < 4.78 is 11.3. The van der Waals surface area contributed by atoms with Crippen molar-refractivity contribution in [3.05, 3.63) is 82.3 Å². The second-order valence-electron chi connectivity index (χ2n) is 7.84. The lowest BCUT2D eigenvalue weighted by Gasteiger charge is -2.34. The molecule has 0 atom stereocenters. The van der Waals surface area contributed by atoms with Crippen LogP contribution in [-0.4, -0.2) is 47.9 Å². The van der Waals surface area contributed by atoms with E-state index in [0.29, 0.717) is 54.0 Å². The van der Waals surface area contributed by atoms with E-state index in [4.69, 9.17) is 26.0 Å². The number of anilines is 1. The second kappa shape index (κ2) is 10.3. The topological polar surface area (TPSA) is 98.8 Å². The molecule has 0 spiro atoms. The van der Waals surface area contributed by atoms with Gasteiger partial charge in [-0.3, -0.25) is 4.79 Å². The van der Waals surface area contributed by atoms with Crippen molar-refractivity contribution in [3.8, 4) is 11.8 Å². The van der Waals surface area contributed by atoms with Crippen LogP contribution in [-0.2, 0) is 6.61 Å². The van der Waals surface area contributed by atoms with Gasteiger partial charge < -0.3 is 24.3 Å². The summed E-state index contributed by atoms with van der Waals surface area (Å²) in [6.45, 7) is 3.58. The minimum absolute atomic E-state index is 0.100. The van der Waals surface area contributed by atoms with Crippen LogP contribution in [0.5, 0.6) is 5.75 Å². The molecule has 34 heavy (non-hydrogen) atoms.